The normalized spacial score (nSPS) is 14.4. The van der Waals surface area contributed by atoms with Crippen molar-refractivity contribution in [2.24, 2.45) is 0 Å². The van der Waals surface area contributed by atoms with Gasteiger partial charge in [0, 0.05) is 37.5 Å². The Bertz CT molecular complexity index is 2890. The van der Waals surface area contributed by atoms with Crippen LogP contribution in [0.25, 0.3) is 44.2 Å². The van der Waals surface area contributed by atoms with Gasteiger partial charge >= 0.3 is 0 Å². The van der Waals surface area contributed by atoms with Crippen LogP contribution < -0.4 is 9.64 Å². The number of hydrogen-bond acceptors (Lipinski definition) is 10. The number of aliphatic hydroxyl groups excluding tert-OH is 1. The highest BCUT2D eigenvalue weighted by atomic mass is 16.6. The van der Waals surface area contributed by atoms with E-state index in [2.05, 4.69) is 163 Å². The molecular formula is C60H73N2O9+. The summed E-state index contributed by atoms with van der Waals surface area (Å²) in [6.07, 6.45) is 0. The number of furan rings is 1. The average molecular weight is 966 g/mol. The zero-order chi connectivity index (χ0) is 50.0. The van der Waals surface area contributed by atoms with Crippen molar-refractivity contribution in [3.8, 4) is 28.0 Å². The maximum Gasteiger partial charge on any atom is 0.142 e. The molecular weight excluding hydrogens is 893 g/mol. The molecule has 0 bridgehead atoms. The van der Waals surface area contributed by atoms with Gasteiger partial charge in [-0.15, -0.1) is 0 Å². The Hall–Kier alpha value is -5.60. The maximum absolute atomic E-state index is 9.02. The summed E-state index contributed by atoms with van der Waals surface area (Å²) >= 11 is 0. The van der Waals surface area contributed by atoms with Gasteiger partial charge in [0.15, 0.2) is 0 Å². The Labute approximate surface area is 420 Å². The lowest BCUT2D eigenvalue weighted by Gasteiger charge is -2.36. The highest BCUT2D eigenvalue weighted by molar-refractivity contribution is 6.06. The maximum atomic E-state index is 9.02. The molecule has 1 aliphatic carbocycles. The number of aryl methyl sites for hydroxylation is 2. The van der Waals surface area contributed by atoms with Crippen LogP contribution in [-0.4, -0.2) is 131 Å². The molecule has 0 fully saturated rings. The van der Waals surface area contributed by atoms with Gasteiger partial charge in [-0.3, -0.25) is 0 Å². The zero-order valence-corrected chi connectivity index (χ0v) is 43.1. The predicted molar refractivity (Wildman–Crippen MR) is 284 cm³/mol. The third-order valence-electron chi connectivity index (χ3n) is 13.7. The van der Waals surface area contributed by atoms with Crippen molar-refractivity contribution in [2.45, 2.75) is 39.3 Å². The van der Waals surface area contributed by atoms with E-state index in [1.807, 2.05) is 0 Å². The third kappa shape index (κ3) is 11.7. The number of fused-ring (bicyclic) bond motifs is 6. The summed E-state index contributed by atoms with van der Waals surface area (Å²) in [7, 11) is 10.4. The Balaban J connectivity index is 1.24. The summed E-state index contributed by atoms with van der Waals surface area (Å²) < 4.78 is 47.8. The van der Waals surface area contributed by atoms with Crippen LogP contribution in [0.4, 0.5) is 5.69 Å². The van der Waals surface area contributed by atoms with Gasteiger partial charge in [-0.2, -0.15) is 0 Å². The lowest BCUT2D eigenvalue weighted by atomic mass is 9.66. The van der Waals surface area contributed by atoms with Crippen molar-refractivity contribution < 1.29 is 47.2 Å². The number of hydrogen-bond donors (Lipinski definition) is 1. The van der Waals surface area contributed by atoms with Crippen LogP contribution in [0, 0.1) is 13.8 Å². The van der Waals surface area contributed by atoms with Gasteiger partial charge in [0.2, 0.25) is 0 Å². The van der Waals surface area contributed by atoms with Crippen molar-refractivity contribution in [2.75, 3.05) is 126 Å². The minimum Gasteiger partial charge on any atom is -0.489 e. The highest BCUT2D eigenvalue weighted by Crippen LogP contribution is 2.58. The quantitative estimate of drug-likeness (QED) is 0.0396. The van der Waals surface area contributed by atoms with Crippen molar-refractivity contribution in [3.05, 3.63) is 154 Å². The number of rotatable bonds is 27. The lowest BCUT2D eigenvalue weighted by Crippen LogP contribution is -2.38. The van der Waals surface area contributed by atoms with E-state index < -0.39 is 5.41 Å². The van der Waals surface area contributed by atoms with Crippen molar-refractivity contribution in [1.29, 1.82) is 0 Å². The molecule has 1 N–H and O–H groups in total. The second kappa shape index (κ2) is 23.7. The van der Waals surface area contributed by atoms with E-state index in [1.54, 1.807) is 7.11 Å². The second-order valence-corrected chi connectivity index (χ2v) is 19.4. The van der Waals surface area contributed by atoms with Gasteiger partial charge in [0.25, 0.3) is 0 Å². The van der Waals surface area contributed by atoms with Gasteiger partial charge in [0.1, 0.15) is 30.1 Å². The van der Waals surface area contributed by atoms with E-state index in [-0.39, 0.29) is 6.61 Å². The SMILES string of the molecule is CC[N+](C)(C)Cc1cc(C2(c3ccc(OCCOCCOCCOC)c(N(C)C)c3)c3cc(C)ccc3-c3ccc(-c4ccc5c(c4)oc4cc(C)ccc45)cc32)ccc1COCCOCCOCCO. The molecule has 0 saturated heterocycles. The molecule has 6 aromatic carbocycles. The summed E-state index contributed by atoms with van der Waals surface area (Å²) in [5, 5.41) is 11.3. The molecule has 1 unspecified atom stereocenters. The summed E-state index contributed by atoms with van der Waals surface area (Å²) in [6.45, 7) is 13.8. The van der Waals surface area contributed by atoms with Crippen molar-refractivity contribution in [1.82, 2.24) is 0 Å². The first-order valence-corrected chi connectivity index (χ1v) is 25.0. The van der Waals surface area contributed by atoms with Crippen LogP contribution in [0.5, 0.6) is 5.75 Å². The van der Waals surface area contributed by atoms with E-state index in [9.17, 15) is 0 Å². The number of anilines is 1. The van der Waals surface area contributed by atoms with E-state index in [1.165, 1.54) is 44.5 Å². The van der Waals surface area contributed by atoms with E-state index in [0.29, 0.717) is 79.3 Å². The van der Waals surface area contributed by atoms with E-state index in [4.69, 9.17) is 42.7 Å². The molecule has 376 valence electrons. The predicted octanol–water partition coefficient (Wildman–Crippen LogP) is 10.5. The number of aliphatic hydroxyl groups is 1. The first-order chi connectivity index (χ1) is 34.5. The second-order valence-electron chi connectivity index (χ2n) is 19.4. The zero-order valence-electron chi connectivity index (χ0n) is 43.1. The van der Waals surface area contributed by atoms with Crippen LogP contribution in [-0.2, 0) is 47.0 Å². The summed E-state index contributed by atoms with van der Waals surface area (Å²) in [5.74, 6) is 0.788. The van der Waals surface area contributed by atoms with Gasteiger partial charge < -0.3 is 52.1 Å². The Morgan fingerprint density at radius 3 is 1.83 bits per heavy atom. The molecule has 11 nitrogen and oxygen atoms in total. The standard InChI is InChI=1S/C60H73N2O9/c1-9-62(6,7)40-47-36-48(15-12-46(47)41-69-31-30-67-27-26-65-23-22-63)60(49-16-21-57(56(39-49)61(4)5)70-33-32-68-29-28-66-25-24-64-8)54-34-42(2)10-17-50(54)51-19-13-44(37-55(51)60)45-14-20-53-52-18-11-43(3)35-58(52)71-59(53)38-45/h10-21,34-39,63H,9,22-33,40-41H2,1-8H3/q+1. The van der Waals surface area contributed by atoms with Gasteiger partial charge in [0.05, 0.1) is 111 Å². The van der Waals surface area contributed by atoms with Crippen LogP contribution in [0.1, 0.15) is 51.4 Å². The molecule has 1 heterocycles. The highest BCUT2D eigenvalue weighted by Gasteiger charge is 2.47. The van der Waals surface area contributed by atoms with Crippen LogP contribution in [0.2, 0.25) is 0 Å². The van der Waals surface area contributed by atoms with Gasteiger partial charge in [-0.05, 0) is 119 Å². The largest absolute Gasteiger partial charge is 0.489 e. The molecule has 8 rings (SSSR count). The average Bonchev–Trinajstić information content (AvgIpc) is 3.87. The number of methoxy groups -OCH3 is 1. The number of benzene rings is 6. The molecule has 0 radical (unpaired) electrons. The van der Waals surface area contributed by atoms with Crippen LogP contribution in [0.3, 0.4) is 0 Å². The van der Waals surface area contributed by atoms with Gasteiger partial charge in [-0.1, -0.05) is 72.3 Å². The minimum absolute atomic E-state index is 0.00197. The van der Waals surface area contributed by atoms with E-state index >= 15 is 0 Å². The lowest BCUT2D eigenvalue weighted by molar-refractivity contribution is -0.901. The molecule has 7 aromatic rings. The molecule has 1 aliphatic rings. The minimum atomic E-state index is -0.730. The Kier molecular flexibility index (Phi) is 17.3. The molecule has 11 heteroatoms. The molecule has 0 saturated carbocycles. The molecule has 71 heavy (non-hydrogen) atoms. The number of nitrogens with zero attached hydrogens (tertiary/aromatic N) is 2. The van der Waals surface area contributed by atoms with Crippen molar-refractivity contribution in [3.63, 3.8) is 0 Å². The molecule has 1 aromatic heterocycles. The number of quaternary nitrogens is 1. The van der Waals surface area contributed by atoms with E-state index in [0.717, 1.165) is 73.2 Å². The first kappa shape index (κ1) is 51.7. The fourth-order valence-electron chi connectivity index (χ4n) is 9.77. The Morgan fingerprint density at radius 2 is 1.13 bits per heavy atom. The molecule has 0 aliphatic heterocycles. The van der Waals surface area contributed by atoms with Crippen LogP contribution in [0.15, 0.2) is 114 Å². The molecule has 1 atom stereocenters. The summed E-state index contributed by atoms with van der Waals surface area (Å²) in [4.78, 5) is 2.14. The van der Waals surface area contributed by atoms with Crippen LogP contribution >= 0.6 is 0 Å². The molecule has 0 amide bonds. The van der Waals surface area contributed by atoms with Gasteiger partial charge in [-0.25, -0.2) is 0 Å². The summed E-state index contributed by atoms with van der Waals surface area (Å²) in [5.41, 5.74) is 16.2. The third-order valence-corrected chi connectivity index (χ3v) is 13.7. The van der Waals surface area contributed by atoms with Crippen molar-refractivity contribution >= 4 is 27.6 Å². The fourth-order valence-corrected chi connectivity index (χ4v) is 9.77. The Morgan fingerprint density at radius 1 is 0.563 bits per heavy atom. The first-order valence-electron chi connectivity index (χ1n) is 25.0. The monoisotopic (exact) mass is 966 g/mol. The number of ether oxygens (including phenoxy) is 7. The summed E-state index contributed by atoms with van der Waals surface area (Å²) in [6, 6.07) is 40.8. The topological polar surface area (TPSA) is 101 Å². The fraction of sp³-hybridized carbons (Fsp3) is 0.400. The molecule has 0 spiro atoms. The smallest absolute Gasteiger partial charge is 0.142 e.